The van der Waals surface area contributed by atoms with Gasteiger partial charge in [0.1, 0.15) is 17.2 Å². The molecule has 13 heteroatoms. The van der Waals surface area contributed by atoms with Gasteiger partial charge in [-0.25, -0.2) is 24.1 Å². The molecule has 4 aromatic rings. The first kappa shape index (κ1) is 25.6. The van der Waals surface area contributed by atoms with Gasteiger partial charge in [0, 0.05) is 37.7 Å². The zero-order valence-corrected chi connectivity index (χ0v) is 21.8. The van der Waals surface area contributed by atoms with Crippen LogP contribution in [0.2, 0.25) is 0 Å². The van der Waals surface area contributed by atoms with Crippen LogP contribution in [0.15, 0.2) is 55.0 Å². The summed E-state index contributed by atoms with van der Waals surface area (Å²) in [6, 6.07) is 10.6. The van der Waals surface area contributed by atoms with Crippen LogP contribution in [0.25, 0.3) is 22.6 Å². The first-order valence-corrected chi connectivity index (χ1v) is 13.4. The number of piperidine rings is 1. The minimum absolute atomic E-state index is 0.0605. The van der Waals surface area contributed by atoms with Gasteiger partial charge >= 0.3 is 6.09 Å². The molecule has 0 radical (unpaired) electrons. The van der Waals surface area contributed by atoms with Crippen molar-refractivity contribution in [2.45, 2.75) is 44.4 Å². The summed E-state index contributed by atoms with van der Waals surface area (Å²) in [6.07, 6.45) is 8.69. The van der Waals surface area contributed by atoms with Crippen LogP contribution in [0.1, 0.15) is 54.9 Å². The van der Waals surface area contributed by atoms with Crippen molar-refractivity contribution in [2.75, 3.05) is 25.0 Å². The van der Waals surface area contributed by atoms with E-state index in [2.05, 4.69) is 30.7 Å². The van der Waals surface area contributed by atoms with Crippen molar-refractivity contribution >= 4 is 17.8 Å². The minimum atomic E-state index is -0.922. The molecule has 0 aliphatic carbocycles. The highest BCUT2D eigenvalue weighted by atomic mass is 16.5. The van der Waals surface area contributed by atoms with Crippen molar-refractivity contribution in [3.8, 4) is 22.6 Å². The van der Waals surface area contributed by atoms with Crippen molar-refractivity contribution in [3.05, 3.63) is 60.7 Å². The summed E-state index contributed by atoms with van der Waals surface area (Å²) < 4.78 is 9.42. The Morgan fingerprint density at radius 3 is 2.77 bits per heavy atom. The van der Waals surface area contributed by atoms with Crippen LogP contribution in [-0.2, 0) is 4.74 Å². The highest BCUT2D eigenvalue weighted by Gasteiger charge is 2.25. The highest BCUT2D eigenvalue weighted by Crippen LogP contribution is 2.28. The van der Waals surface area contributed by atoms with Gasteiger partial charge in [0.15, 0.2) is 6.23 Å². The van der Waals surface area contributed by atoms with E-state index in [1.165, 1.54) is 4.90 Å². The van der Waals surface area contributed by atoms with E-state index in [-0.39, 0.29) is 23.9 Å². The first-order valence-electron chi connectivity index (χ1n) is 13.4. The Morgan fingerprint density at radius 2 is 1.98 bits per heavy atom. The molecule has 2 atom stereocenters. The molecule has 1 unspecified atom stereocenters. The van der Waals surface area contributed by atoms with E-state index >= 15 is 0 Å². The van der Waals surface area contributed by atoms with Crippen molar-refractivity contribution in [2.24, 2.45) is 0 Å². The predicted molar refractivity (Wildman–Crippen MR) is 143 cm³/mol. The molecule has 206 valence electrons. The Kier molecular flexibility index (Phi) is 7.19. The van der Waals surface area contributed by atoms with E-state index in [1.54, 1.807) is 47.5 Å². The number of nitrogens with one attached hydrogen (secondary N) is 1. The average molecular weight is 544 g/mol. The number of likely N-dealkylation sites (tertiary alicyclic amines) is 1. The van der Waals surface area contributed by atoms with Crippen LogP contribution in [0.4, 0.5) is 10.6 Å². The third kappa shape index (κ3) is 5.41. The van der Waals surface area contributed by atoms with Gasteiger partial charge in [0.05, 0.1) is 23.6 Å². The zero-order chi connectivity index (χ0) is 27.5. The molecule has 2 aliphatic heterocycles. The summed E-state index contributed by atoms with van der Waals surface area (Å²) in [7, 11) is 0. The second kappa shape index (κ2) is 11.2. The van der Waals surface area contributed by atoms with Gasteiger partial charge in [-0.2, -0.15) is 5.10 Å². The van der Waals surface area contributed by atoms with Crippen LogP contribution in [0, 0.1) is 0 Å². The van der Waals surface area contributed by atoms with Crippen molar-refractivity contribution in [3.63, 3.8) is 0 Å². The Hall–Kier alpha value is -4.65. The zero-order valence-electron chi connectivity index (χ0n) is 21.8. The molecule has 40 heavy (non-hydrogen) atoms. The monoisotopic (exact) mass is 543 g/mol. The Bertz CT molecular complexity index is 1490. The maximum atomic E-state index is 13.0. The highest BCUT2D eigenvalue weighted by molar-refractivity contribution is 6.02. The van der Waals surface area contributed by atoms with Gasteiger partial charge in [-0.15, -0.1) is 5.10 Å². The molecule has 2 fully saturated rings. The van der Waals surface area contributed by atoms with Crippen LogP contribution >= 0.6 is 0 Å². The van der Waals surface area contributed by atoms with Gasteiger partial charge in [-0.1, -0.05) is 11.3 Å². The Balaban J connectivity index is 1.12. The van der Waals surface area contributed by atoms with Gasteiger partial charge in [-0.05, 0) is 62.4 Å². The topological polar surface area (TPSA) is 153 Å². The first-order chi connectivity index (χ1) is 19.5. The summed E-state index contributed by atoms with van der Waals surface area (Å²) in [6.45, 7) is 1.62. The Labute approximate surface area is 229 Å². The van der Waals surface area contributed by atoms with E-state index < -0.39 is 6.09 Å². The number of hydrogen-bond acceptors (Lipinski definition) is 8. The third-order valence-corrected chi connectivity index (χ3v) is 7.20. The van der Waals surface area contributed by atoms with Crippen molar-refractivity contribution in [1.29, 1.82) is 0 Å². The van der Waals surface area contributed by atoms with E-state index in [9.17, 15) is 14.7 Å². The fourth-order valence-corrected chi connectivity index (χ4v) is 5.10. The molecule has 2 amide bonds. The number of ether oxygens (including phenoxy) is 1. The van der Waals surface area contributed by atoms with Crippen LogP contribution in [0.3, 0.4) is 0 Å². The van der Waals surface area contributed by atoms with Crippen molar-refractivity contribution in [1.82, 2.24) is 39.6 Å². The average Bonchev–Trinajstić information content (AvgIpc) is 3.69. The number of carboxylic acid groups (broad SMARTS) is 1. The summed E-state index contributed by atoms with van der Waals surface area (Å²) in [5.74, 6) is -0.00770. The second-order valence-electron chi connectivity index (χ2n) is 9.88. The lowest BCUT2D eigenvalue weighted by atomic mass is 10.1. The SMILES string of the molecule is O=C(Nc1ccc(-c2cn([C@@H]3CCCN(C(=O)O)C3)nn2)cn1)c1cccc(-c2ccnn2C2CCCCO2)n1. The molecular formula is C27H29N9O4. The third-order valence-electron chi connectivity index (χ3n) is 7.20. The lowest BCUT2D eigenvalue weighted by Crippen LogP contribution is -2.40. The fourth-order valence-electron chi connectivity index (χ4n) is 5.10. The second-order valence-corrected chi connectivity index (χ2v) is 9.88. The lowest BCUT2D eigenvalue weighted by Gasteiger charge is -2.30. The van der Waals surface area contributed by atoms with E-state index in [0.717, 1.165) is 43.4 Å². The summed E-state index contributed by atoms with van der Waals surface area (Å²) >= 11 is 0. The number of aromatic nitrogens is 7. The summed E-state index contributed by atoms with van der Waals surface area (Å²) in [5.41, 5.74) is 3.03. The molecule has 6 rings (SSSR count). The molecule has 13 nitrogen and oxygen atoms in total. The van der Waals surface area contributed by atoms with Gasteiger partial charge < -0.3 is 20.1 Å². The fraction of sp³-hybridized carbons (Fsp3) is 0.370. The predicted octanol–water partition coefficient (Wildman–Crippen LogP) is 3.86. The number of nitrogens with zero attached hydrogens (tertiary/aromatic N) is 8. The smallest absolute Gasteiger partial charge is 0.407 e. The molecule has 4 aromatic heterocycles. The number of pyridine rings is 2. The maximum absolute atomic E-state index is 13.0. The van der Waals surface area contributed by atoms with Crippen LogP contribution < -0.4 is 5.32 Å². The number of rotatable bonds is 6. The van der Waals surface area contributed by atoms with E-state index in [0.29, 0.717) is 36.9 Å². The molecule has 0 saturated carbocycles. The standard InChI is InChI=1S/C27H29N9O4/c37-26(21-7-3-6-20(30-21)23-11-12-29-36(23)25-8-1-2-14-40-25)31-24-10-9-18(15-28-24)22-17-35(33-32-22)19-5-4-13-34(16-19)27(38)39/h3,6-7,9-12,15,17,19,25H,1-2,4-5,8,13-14,16H2,(H,38,39)(H,28,31,37)/t19-,25?/m1/s1. The van der Waals surface area contributed by atoms with E-state index in [1.807, 2.05) is 16.8 Å². The number of carbonyl (C=O) groups excluding carboxylic acids is 1. The largest absolute Gasteiger partial charge is 0.465 e. The lowest BCUT2D eigenvalue weighted by molar-refractivity contribution is -0.0384. The number of amides is 2. The molecule has 0 bridgehead atoms. The van der Waals surface area contributed by atoms with Crippen molar-refractivity contribution < 1.29 is 19.4 Å². The van der Waals surface area contributed by atoms with Gasteiger partial charge in [-0.3, -0.25) is 4.79 Å². The number of carbonyl (C=O) groups is 2. The molecule has 2 aliphatic rings. The molecule has 0 spiro atoms. The maximum Gasteiger partial charge on any atom is 0.407 e. The summed E-state index contributed by atoms with van der Waals surface area (Å²) in [4.78, 5) is 34.7. The molecular weight excluding hydrogens is 514 g/mol. The van der Waals surface area contributed by atoms with Gasteiger partial charge in [0.25, 0.3) is 5.91 Å². The minimum Gasteiger partial charge on any atom is -0.465 e. The number of hydrogen-bond donors (Lipinski definition) is 2. The molecule has 6 heterocycles. The van der Waals surface area contributed by atoms with E-state index in [4.69, 9.17) is 4.74 Å². The molecule has 2 saturated heterocycles. The van der Waals surface area contributed by atoms with Crippen LogP contribution in [0.5, 0.6) is 0 Å². The Morgan fingerprint density at radius 1 is 1.05 bits per heavy atom. The molecule has 0 aromatic carbocycles. The normalized spacial score (nSPS) is 19.4. The quantitative estimate of drug-likeness (QED) is 0.369. The van der Waals surface area contributed by atoms with Crippen LogP contribution in [-0.4, -0.2) is 76.4 Å². The molecule has 2 N–H and O–H groups in total. The van der Waals surface area contributed by atoms with Gasteiger partial charge in [0.2, 0.25) is 0 Å². The summed E-state index contributed by atoms with van der Waals surface area (Å²) in [5, 5.41) is 25.0. The number of anilines is 1.